The van der Waals surface area contributed by atoms with Crippen LogP contribution in [0.25, 0.3) is 0 Å². The second-order valence-corrected chi connectivity index (χ2v) is 4.35. The Bertz CT molecular complexity index is 619. The van der Waals surface area contributed by atoms with Crippen molar-refractivity contribution in [2.24, 2.45) is 5.18 Å². The zero-order valence-corrected chi connectivity index (χ0v) is 10.7. The molecule has 0 aliphatic heterocycles. The van der Waals surface area contributed by atoms with E-state index < -0.39 is 0 Å². The van der Waals surface area contributed by atoms with Gasteiger partial charge in [0, 0.05) is 16.4 Å². The Kier molecular flexibility index (Phi) is 3.65. The molecule has 0 saturated heterocycles. The lowest BCUT2D eigenvalue weighted by Crippen LogP contribution is -1.92. The fourth-order valence-corrected chi connectivity index (χ4v) is 1.71. The molecule has 0 unspecified atom stereocenters. The number of pyridine rings is 1. The molecule has 0 spiro atoms. The van der Waals surface area contributed by atoms with Crippen molar-refractivity contribution >= 4 is 33.1 Å². The minimum absolute atomic E-state index is 0.0857. The third kappa shape index (κ3) is 2.70. The van der Waals surface area contributed by atoms with Crippen LogP contribution in [0, 0.1) is 16.2 Å². The molecule has 2 rings (SSSR count). The first kappa shape index (κ1) is 12.2. The summed E-state index contributed by atoms with van der Waals surface area (Å²) in [6, 6.07) is 10.6. The highest BCUT2D eigenvalue weighted by Crippen LogP contribution is 2.28. The van der Waals surface area contributed by atoms with Crippen LogP contribution in [0.2, 0.25) is 0 Å². The van der Waals surface area contributed by atoms with Gasteiger partial charge in [-0.15, -0.1) is 4.91 Å². The zero-order valence-electron chi connectivity index (χ0n) is 9.09. The molecule has 88 valence electrons. The van der Waals surface area contributed by atoms with Gasteiger partial charge in [0.25, 0.3) is 0 Å². The fraction of sp³-hybridized carbons (Fsp3) is 0. The van der Waals surface area contributed by atoms with Crippen molar-refractivity contribution < 1.29 is 0 Å². The molecule has 0 atom stereocenters. The molecule has 0 radical (unpaired) electrons. The summed E-state index contributed by atoms with van der Waals surface area (Å²) in [7, 11) is 0. The second kappa shape index (κ2) is 5.38. The summed E-state index contributed by atoms with van der Waals surface area (Å²) in [6.07, 6.45) is 1.50. The van der Waals surface area contributed by atoms with Gasteiger partial charge in [0.1, 0.15) is 0 Å². The normalized spacial score (nSPS) is 9.56. The van der Waals surface area contributed by atoms with E-state index in [2.05, 4.69) is 31.4 Å². The van der Waals surface area contributed by atoms with E-state index in [0.717, 1.165) is 10.2 Å². The van der Waals surface area contributed by atoms with Gasteiger partial charge in [0.2, 0.25) is 5.82 Å². The number of nitroso groups, excluding NO2 is 1. The molecule has 6 heteroatoms. The molecule has 0 aliphatic rings. The number of nitrogens with one attached hydrogen (secondary N) is 1. The molecule has 2 aromatic rings. The Labute approximate surface area is 112 Å². The van der Waals surface area contributed by atoms with Crippen molar-refractivity contribution in [3.05, 3.63) is 51.5 Å². The largest absolute Gasteiger partial charge is 0.352 e. The summed E-state index contributed by atoms with van der Waals surface area (Å²) in [4.78, 5) is 14.5. The monoisotopic (exact) mass is 302 g/mol. The van der Waals surface area contributed by atoms with Crippen molar-refractivity contribution in [1.82, 2.24) is 4.98 Å². The summed E-state index contributed by atoms with van der Waals surface area (Å²) in [5, 5.41) is 14.6. The van der Waals surface area contributed by atoms with Gasteiger partial charge < -0.3 is 5.32 Å². The van der Waals surface area contributed by atoms with Crippen LogP contribution in [0.3, 0.4) is 0 Å². The van der Waals surface area contributed by atoms with Crippen LogP contribution in [0.5, 0.6) is 0 Å². The predicted octanol–water partition coefficient (Wildman–Crippen LogP) is 3.86. The van der Waals surface area contributed by atoms with Crippen LogP contribution < -0.4 is 5.32 Å². The van der Waals surface area contributed by atoms with Gasteiger partial charge in [0.05, 0.1) is 17.3 Å². The lowest BCUT2D eigenvalue weighted by Gasteiger charge is -2.07. The van der Waals surface area contributed by atoms with Crippen molar-refractivity contribution in [3.8, 4) is 6.07 Å². The second-order valence-electron chi connectivity index (χ2n) is 3.43. The number of aromatic nitrogens is 1. The van der Waals surface area contributed by atoms with Gasteiger partial charge in [-0.25, -0.2) is 4.98 Å². The lowest BCUT2D eigenvalue weighted by molar-refractivity contribution is 1.25. The summed E-state index contributed by atoms with van der Waals surface area (Å²) in [6.45, 7) is 0. The van der Waals surface area contributed by atoms with E-state index in [-0.39, 0.29) is 5.82 Å². The summed E-state index contributed by atoms with van der Waals surface area (Å²) >= 11 is 3.27. The molecule has 1 aromatic carbocycles. The number of hydrogen-bond donors (Lipinski definition) is 1. The van der Waals surface area contributed by atoms with E-state index >= 15 is 0 Å². The molecule has 1 aromatic heterocycles. The minimum Gasteiger partial charge on any atom is -0.352 e. The third-order valence-corrected chi connectivity index (χ3v) is 2.65. The van der Waals surface area contributed by atoms with Gasteiger partial charge in [0.15, 0.2) is 0 Å². The Morgan fingerprint density at radius 3 is 2.67 bits per heavy atom. The van der Waals surface area contributed by atoms with Crippen molar-refractivity contribution in [3.63, 3.8) is 0 Å². The molecule has 0 saturated carbocycles. The van der Waals surface area contributed by atoms with E-state index in [1.165, 1.54) is 6.20 Å². The maximum absolute atomic E-state index is 10.6. The maximum atomic E-state index is 10.6. The number of rotatable bonds is 3. The molecule has 0 aliphatic carbocycles. The van der Waals surface area contributed by atoms with Crippen LogP contribution in [0.1, 0.15) is 5.56 Å². The molecule has 0 fully saturated rings. The first-order valence-corrected chi connectivity index (χ1v) is 5.78. The molecule has 5 nitrogen and oxygen atoms in total. The minimum atomic E-state index is 0.0857. The summed E-state index contributed by atoms with van der Waals surface area (Å²) < 4.78 is 0.742. The topological polar surface area (TPSA) is 78.1 Å². The van der Waals surface area contributed by atoms with Gasteiger partial charge >= 0.3 is 0 Å². The zero-order chi connectivity index (χ0) is 13.0. The average Bonchev–Trinajstić information content (AvgIpc) is 2.40. The first-order valence-electron chi connectivity index (χ1n) is 4.99. The van der Waals surface area contributed by atoms with Crippen LogP contribution in [-0.2, 0) is 0 Å². The Hall–Kier alpha value is -2.26. The average molecular weight is 303 g/mol. The summed E-state index contributed by atoms with van der Waals surface area (Å²) in [5.74, 6) is 0.0857. The highest BCUT2D eigenvalue weighted by atomic mass is 79.9. The number of benzene rings is 1. The molecular formula is C12H7BrN4O. The quantitative estimate of drug-likeness (QED) is 0.873. The third-order valence-electron chi connectivity index (χ3n) is 2.21. The van der Waals surface area contributed by atoms with Crippen LogP contribution in [0.15, 0.2) is 46.2 Å². The van der Waals surface area contributed by atoms with E-state index in [9.17, 15) is 4.91 Å². The first-order chi connectivity index (χ1) is 8.72. The van der Waals surface area contributed by atoms with E-state index in [0.29, 0.717) is 11.3 Å². The van der Waals surface area contributed by atoms with Crippen molar-refractivity contribution in [2.45, 2.75) is 0 Å². The Balaban J connectivity index is 2.30. The van der Waals surface area contributed by atoms with Crippen LogP contribution in [0.4, 0.5) is 17.2 Å². The highest BCUT2D eigenvalue weighted by molar-refractivity contribution is 9.10. The van der Waals surface area contributed by atoms with Crippen molar-refractivity contribution in [1.29, 1.82) is 5.26 Å². The predicted molar refractivity (Wildman–Crippen MR) is 71.8 cm³/mol. The number of halogens is 1. The molecule has 0 bridgehead atoms. The molecule has 18 heavy (non-hydrogen) atoms. The lowest BCUT2D eigenvalue weighted by atomic mass is 10.2. The van der Waals surface area contributed by atoms with Gasteiger partial charge in [-0.2, -0.15) is 5.26 Å². The van der Waals surface area contributed by atoms with Gasteiger partial charge in [-0.3, -0.25) is 0 Å². The SMILES string of the molecule is N#Cc1ccc(Nc2cc(Br)cnc2N=O)cc1. The smallest absolute Gasteiger partial charge is 0.220 e. The Morgan fingerprint density at radius 2 is 2.06 bits per heavy atom. The van der Waals surface area contributed by atoms with Gasteiger partial charge in [-0.05, 0) is 51.4 Å². The molecular weight excluding hydrogens is 296 g/mol. The fourth-order valence-electron chi connectivity index (χ4n) is 1.38. The molecule has 1 heterocycles. The number of anilines is 2. The Morgan fingerprint density at radius 1 is 1.33 bits per heavy atom. The van der Waals surface area contributed by atoms with Crippen LogP contribution in [-0.4, -0.2) is 4.98 Å². The highest BCUT2D eigenvalue weighted by Gasteiger charge is 2.05. The van der Waals surface area contributed by atoms with E-state index in [4.69, 9.17) is 5.26 Å². The van der Waals surface area contributed by atoms with Gasteiger partial charge in [-0.1, -0.05) is 0 Å². The molecule has 0 amide bonds. The molecule has 1 N–H and O–H groups in total. The standard InChI is InChI=1S/C12H7BrN4O/c13-9-5-11(12(17-18)15-7-9)16-10-3-1-8(6-14)2-4-10/h1-5,7,16H. The van der Waals surface area contributed by atoms with E-state index in [1.807, 2.05) is 6.07 Å². The number of nitriles is 1. The van der Waals surface area contributed by atoms with Crippen LogP contribution >= 0.6 is 15.9 Å². The maximum Gasteiger partial charge on any atom is 0.220 e. The number of nitrogens with zero attached hydrogens (tertiary/aromatic N) is 3. The number of hydrogen-bond acceptors (Lipinski definition) is 5. The van der Waals surface area contributed by atoms with E-state index in [1.54, 1.807) is 30.3 Å². The van der Waals surface area contributed by atoms with Crippen molar-refractivity contribution in [2.75, 3.05) is 5.32 Å². The summed E-state index contributed by atoms with van der Waals surface area (Å²) in [5.41, 5.74) is 1.82.